The smallest absolute Gasteiger partial charge is 0.344 e. The topological polar surface area (TPSA) is 146 Å². The standard InChI is InChI=1S/C29H27ClN4O7/c1-15(2)21-13-22(16(3)10-25(21)40-5)27-32-23-9-7-6-8-20(23)28(35)33(27)31-14-18-11-19(30)12-24(34(38)39)26(18)41-17(4)29(36)37/h6-15,17H,1-5H3,(H,36,37)/t17-/m1/s1. The molecule has 1 N–H and O–H groups in total. The summed E-state index contributed by atoms with van der Waals surface area (Å²) < 4.78 is 12.1. The molecule has 12 heteroatoms. The van der Waals surface area contributed by atoms with Gasteiger partial charge in [0.1, 0.15) is 5.75 Å². The van der Waals surface area contributed by atoms with Crippen molar-refractivity contribution in [1.29, 1.82) is 0 Å². The molecule has 0 amide bonds. The Labute approximate surface area is 239 Å². The van der Waals surface area contributed by atoms with Crippen LogP contribution in [-0.2, 0) is 4.79 Å². The first-order valence-corrected chi connectivity index (χ1v) is 12.9. The van der Waals surface area contributed by atoms with Crippen LogP contribution in [0.5, 0.6) is 11.5 Å². The van der Waals surface area contributed by atoms with E-state index in [9.17, 15) is 24.8 Å². The van der Waals surface area contributed by atoms with Crippen LogP contribution < -0.4 is 15.0 Å². The van der Waals surface area contributed by atoms with Crippen LogP contribution in [0.25, 0.3) is 22.3 Å². The maximum Gasteiger partial charge on any atom is 0.344 e. The SMILES string of the molecule is COc1cc(C)c(-c2nc3ccccc3c(=O)n2N=Cc2cc(Cl)cc([N+](=O)[O-])c2O[C@H](C)C(=O)O)cc1C(C)C. The zero-order valence-corrected chi connectivity index (χ0v) is 23.7. The highest BCUT2D eigenvalue weighted by Gasteiger charge is 2.25. The molecule has 0 fully saturated rings. The van der Waals surface area contributed by atoms with Crippen LogP contribution in [0.15, 0.2) is 58.4 Å². The molecule has 1 heterocycles. The van der Waals surface area contributed by atoms with Crippen LogP contribution in [0.1, 0.15) is 43.4 Å². The summed E-state index contributed by atoms with van der Waals surface area (Å²) in [4.78, 5) is 41.0. The van der Waals surface area contributed by atoms with Crippen molar-refractivity contribution in [3.63, 3.8) is 0 Å². The van der Waals surface area contributed by atoms with Crippen LogP contribution in [0.3, 0.4) is 0 Å². The van der Waals surface area contributed by atoms with Crippen molar-refractivity contribution in [3.8, 4) is 22.9 Å². The van der Waals surface area contributed by atoms with E-state index in [1.807, 2.05) is 32.9 Å². The molecule has 0 aliphatic heterocycles. The maximum absolute atomic E-state index is 13.7. The van der Waals surface area contributed by atoms with E-state index in [-0.39, 0.29) is 28.1 Å². The number of nitrogens with zero attached hydrogens (tertiary/aromatic N) is 4. The minimum Gasteiger partial charge on any atom is -0.496 e. The van der Waals surface area contributed by atoms with Crippen LogP contribution >= 0.6 is 11.6 Å². The van der Waals surface area contributed by atoms with Gasteiger partial charge in [-0.05, 0) is 61.2 Å². The Bertz CT molecular complexity index is 1760. The Kier molecular flexibility index (Phi) is 8.39. The lowest BCUT2D eigenvalue weighted by Crippen LogP contribution is -2.24. The third-order valence-electron chi connectivity index (χ3n) is 6.41. The molecule has 0 saturated carbocycles. The summed E-state index contributed by atoms with van der Waals surface area (Å²) in [5.74, 6) is -0.671. The van der Waals surface area contributed by atoms with E-state index in [4.69, 9.17) is 26.1 Å². The fourth-order valence-corrected chi connectivity index (χ4v) is 4.50. The lowest BCUT2D eigenvalue weighted by atomic mass is 9.96. The van der Waals surface area contributed by atoms with Gasteiger partial charge in [0, 0.05) is 22.2 Å². The molecular weight excluding hydrogens is 552 g/mol. The molecule has 0 aliphatic rings. The number of aryl methyl sites for hydroxylation is 1. The van der Waals surface area contributed by atoms with Gasteiger partial charge in [0.15, 0.2) is 11.9 Å². The highest BCUT2D eigenvalue weighted by Crippen LogP contribution is 2.36. The van der Waals surface area contributed by atoms with Gasteiger partial charge in [-0.2, -0.15) is 9.78 Å². The number of rotatable bonds is 9. The third-order valence-corrected chi connectivity index (χ3v) is 6.63. The zero-order chi connectivity index (χ0) is 30.0. The van der Waals surface area contributed by atoms with Crippen molar-refractivity contribution in [2.24, 2.45) is 5.10 Å². The number of halogens is 1. The molecule has 1 atom stereocenters. The molecule has 0 aliphatic carbocycles. The second-order valence-corrected chi connectivity index (χ2v) is 10.0. The summed E-state index contributed by atoms with van der Waals surface area (Å²) in [6.45, 7) is 7.12. The quantitative estimate of drug-likeness (QED) is 0.149. The van der Waals surface area contributed by atoms with Gasteiger partial charge in [-0.25, -0.2) is 9.78 Å². The van der Waals surface area contributed by atoms with Gasteiger partial charge in [-0.15, -0.1) is 0 Å². The Hall–Kier alpha value is -4.77. The number of carboxylic acids is 1. The van der Waals surface area contributed by atoms with E-state index in [2.05, 4.69) is 5.10 Å². The van der Waals surface area contributed by atoms with Crippen molar-refractivity contribution >= 4 is 40.4 Å². The minimum atomic E-state index is -1.42. The highest BCUT2D eigenvalue weighted by atomic mass is 35.5. The van der Waals surface area contributed by atoms with Crippen molar-refractivity contribution in [2.75, 3.05) is 7.11 Å². The minimum absolute atomic E-state index is 0.00219. The first-order chi connectivity index (χ1) is 19.4. The second-order valence-electron chi connectivity index (χ2n) is 9.58. The molecule has 1 aromatic heterocycles. The molecule has 0 bridgehead atoms. The number of nitro groups is 1. The van der Waals surface area contributed by atoms with E-state index < -0.39 is 28.2 Å². The fourth-order valence-electron chi connectivity index (χ4n) is 4.28. The van der Waals surface area contributed by atoms with Crippen molar-refractivity contribution < 1.29 is 24.3 Å². The number of carbonyl (C=O) groups is 1. The van der Waals surface area contributed by atoms with Gasteiger partial charge in [0.25, 0.3) is 5.56 Å². The van der Waals surface area contributed by atoms with E-state index in [0.29, 0.717) is 22.2 Å². The number of aromatic nitrogens is 2. The van der Waals surface area contributed by atoms with Crippen LogP contribution in [0.4, 0.5) is 5.69 Å². The summed E-state index contributed by atoms with van der Waals surface area (Å²) in [7, 11) is 1.59. The summed E-state index contributed by atoms with van der Waals surface area (Å²) in [5, 5.41) is 25.8. The normalized spacial score (nSPS) is 12.2. The number of benzene rings is 3. The Morgan fingerprint density at radius 3 is 2.54 bits per heavy atom. The molecule has 0 spiro atoms. The van der Waals surface area contributed by atoms with E-state index in [1.54, 1.807) is 31.4 Å². The number of nitro benzene ring substituents is 1. The number of ether oxygens (including phenoxy) is 2. The molecule has 4 aromatic rings. The molecule has 0 radical (unpaired) electrons. The van der Waals surface area contributed by atoms with Gasteiger partial charge in [-0.3, -0.25) is 14.9 Å². The molecule has 4 rings (SSSR count). The molecule has 3 aromatic carbocycles. The van der Waals surface area contributed by atoms with Crippen LogP contribution in [0, 0.1) is 17.0 Å². The number of fused-ring (bicyclic) bond motifs is 1. The third kappa shape index (κ3) is 5.90. The van der Waals surface area contributed by atoms with Crippen molar-refractivity contribution in [3.05, 3.63) is 90.7 Å². The number of hydrogen-bond donors (Lipinski definition) is 1. The Morgan fingerprint density at radius 1 is 1.20 bits per heavy atom. The predicted molar refractivity (Wildman–Crippen MR) is 156 cm³/mol. The molecule has 212 valence electrons. The van der Waals surface area contributed by atoms with Crippen molar-refractivity contribution in [2.45, 2.75) is 39.7 Å². The molecule has 0 saturated heterocycles. The van der Waals surface area contributed by atoms with Gasteiger partial charge in [-0.1, -0.05) is 37.6 Å². The maximum atomic E-state index is 13.7. The first kappa shape index (κ1) is 29.2. The number of para-hydroxylation sites is 1. The zero-order valence-electron chi connectivity index (χ0n) is 22.9. The van der Waals surface area contributed by atoms with E-state index >= 15 is 0 Å². The number of carboxylic acid groups (broad SMARTS) is 1. The highest BCUT2D eigenvalue weighted by molar-refractivity contribution is 6.31. The summed E-state index contributed by atoms with van der Waals surface area (Å²) in [6.07, 6.45) is -0.258. The van der Waals surface area contributed by atoms with Gasteiger partial charge >= 0.3 is 11.7 Å². The Balaban J connectivity index is 2.01. The largest absolute Gasteiger partial charge is 0.496 e. The molecule has 0 unspecified atom stereocenters. The van der Waals surface area contributed by atoms with Crippen molar-refractivity contribution in [1.82, 2.24) is 9.66 Å². The number of hydrogen-bond acceptors (Lipinski definition) is 8. The van der Waals surface area contributed by atoms with Crippen LogP contribution in [0.2, 0.25) is 5.02 Å². The summed E-state index contributed by atoms with van der Waals surface area (Å²) >= 11 is 6.15. The Morgan fingerprint density at radius 2 is 1.90 bits per heavy atom. The number of aliphatic carboxylic acids is 1. The van der Waals surface area contributed by atoms with E-state index in [1.165, 1.54) is 13.0 Å². The fraction of sp³-hybridized carbons (Fsp3) is 0.241. The predicted octanol–water partition coefficient (Wildman–Crippen LogP) is 5.80. The van der Waals surface area contributed by atoms with Gasteiger partial charge in [0.05, 0.1) is 29.2 Å². The molecule has 11 nitrogen and oxygen atoms in total. The van der Waals surface area contributed by atoms with Gasteiger partial charge in [0.2, 0.25) is 5.75 Å². The lowest BCUT2D eigenvalue weighted by molar-refractivity contribution is -0.386. The lowest BCUT2D eigenvalue weighted by Gasteiger charge is -2.17. The summed E-state index contributed by atoms with van der Waals surface area (Å²) in [6, 6.07) is 12.9. The van der Waals surface area contributed by atoms with E-state index in [0.717, 1.165) is 28.1 Å². The van der Waals surface area contributed by atoms with Gasteiger partial charge < -0.3 is 14.6 Å². The first-order valence-electron chi connectivity index (χ1n) is 12.5. The molecule has 41 heavy (non-hydrogen) atoms. The molecular formula is C29H27ClN4O7. The monoisotopic (exact) mass is 578 g/mol. The average Bonchev–Trinajstić information content (AvgIpc) is 2.92. The number of methoxy groups -OCH3 is 1. The average molecular weight is 579 g/mol. The second kappa shape index (κ2) is 11.8. The summed E-state index contributed by atoms with van der Waals surface area (Å²) in [5.41, 5.74) is 1.72. The van der Waals surface area contributed by atoms with Crippen LogP contribution in [-0.4, -0.2) is 45.1 Å².